The third-order valence-electron chi connectivity index (χ3n) is 6.26. The van der Waals surface area contributed by atoms with Gasteiger partial charge >= 0.3 is 0 Å². The van der Waals surface area contributed by atoms with Crippen LogP contribution in [-0.4, -0.2) is 59.7 Å². The predicted octanol–water partition coefficient (Wildman–Crippen LogP) is 4.23. The van der Waals surface area contributed by atoms with Crippen LogP contribution in [0.5, 0.6) is 5.75 Å². The molecule has 3 aromatic rings. The Morgan fingerprint density at radius 3 is 2.82 bits per heavy atom. The van der Waals surface area contributed by atoms with E-state index in [4.69, 9.17) is 15.9 Å². The van der Waals surface area contributed by atoms with Crippen molar-refractivity contribution in [3.8, 4) is 24.2 Å². The summed E-state index contributed by atoms with van der Waals surface area (Å²) in [6.45, 7) is 7.80. The molecule has 1 aromatic heterocycles. The standard InChI is InChI=1S/C29H30N6O3/c1-4-20-14-22(10-9-21(20)17-30)33-29-24-15-26(34-28(36)8-7-12-35(5-2)6-3)27(16-25(24)31-19-32-29)38-23-11-13-37-18-23/h1,7-10,14-16,19,23H,5-6,11-13,18H2,2-3H3,(H,34,36)(H,31,32,33)/b8-7+. The second-order valence-electron chi connectivity index (χ2n) is 8.71. The van der Waals surface area contributed by atoms with E-state index >= 15 is 0 Å². The van der Waals surface area contributed by atoms with Gasteiger partial charge in [0.1, 0.15) is 30.1 Å². The molecule has 2 aromatic carbocycles. The van der Waals surface area contributed by atoms with Crippen molar-refractivity contribution in [3.63, 3.8) is 0 Å². The molecule has 194 valence electrons. The number of rotatable bonds is 10. The van der Waals surface area contributed by atoms with Gasteiger partial charge in [-0.25, -0.2) is 9.97 Å². The first-order valence-corrected chi connectivity index (χ1v) is 12.5. The predicted molar refractivity (Wildman–Crippen MR) is 147 cm³/mol. The summed E-state index contributed by atoms with van der Waals surface area (Å²) < 4.78 is 11.7. The number of ether oxygens (including phenoxy) is 2. The Balaban J connectivity index is 1.66. The van der Waals surface area contributed by atoms with Gasteiger partial charge in [0.2, 0.25) is 5.91 Å². The van der Waals surface area contributed by atoms with Crippen molar-refractivity contribution in [2.24, 2.45) is 0 Å². The molecule has 1 unspecified atom stereocenters. The van der Waals surface area contributed by atoms with Crippen LogP contribution < -0.4 is 15.4 Å². The van der Waals surface area contributed by atoms with E-state index in [-0.39, 0.29) is 12.0 Å². The number of amides is 1. The van der Waals surface area contributed by atoms with Gasteiger partial charge in [0.05, 0.1) is 30.0 Å². The highest BCUT2D eigenvalue weighted by Crippen LogP contribution is 2.35. The van der Waals surface area contributed by atoms with Gasteiger partial charge in [-0.2, -0.15) is 5.26 Å². The van der Waals surface area contributed by atoms with Crippen LogP contribution in [0, 0.1) is 23.7 Å². The van der Waals surface area contributed by atoms with E-state index < -0.39 is 0 Å². The summed E-state index contributed by atoms with van der Waals surface area (Å²) in [7, 11) is 0. The highest BCUT2D eigenvalue weighted by molar-refractivity contribution is 6.03. The van der Waals surface area contributed by atoms with E-state index in [0.717, 1.165) is 19.5 Å². The van der Waals surface area contributed by atoms with Gasteiger partial charge in [0.15, 0.2) is 0 Å². The van der Waals surface area contributed by atoms with E-state index in [1.807, 2.05) is 6.08 Å². The largest absolute Gasteiger partial charge is 0.486 e. The number of anilines is 3. The van der Waals surface area contributed by atoms with E-state index in [2.05, 4.69) is 51.3 Å². The van der Waals surface area contributed by atoms with E-state index in [1.165, 1.54) is 12.4 Å². The number of carbonyl (C=O) groups excluding carboxylic acids is 1. The molecule has 1 aliphatic rings. The van der Waals surface area contributed by atoms with Crippen LogP contribution in [0.15, 0.2) is 48.8 Å². The molecule has 2 N–H and O–H groups in total. The number of nitrogens with one attached hydrogen (secondary N) is 2. The van der Waals surface area contributed by atoms with Gasteiger partial charge in [0, 0.05) is 41.7 Å². The number of aromatic nitrogens is 2. The number of carbonyl (C=O) groups is 1. The third-order valence-corrected chi connectivity index (χ3v) is 6.26. The monoisotopic (exact) mass is 510 g/mol. The zero-order valence-electron chi connectivity index (χ0n) is 21.5. The Morgan fingerprint density at radius 2 is 2.11 bits per heavy atom. The van der Waals surface area contributed by atoms with Crippen molar-refractivity contribution in [2.75, 3.05) is 43.5 Å². The Morgan fingerprint density at radius 1 is 1.26 bits per heavy atom. The van der Waals surface area contributed by atoms with Crippen LogP contribution in [0.4, 0.5) is 17.2 Å². The zero-order chi connectivity index (χ0) is 26.9. The molecule has 2 heterocycles. The van der Waals surface area contributed by atoms with Crippen LogP contribution in [0.3, 0.4) is 0 Å². The van der Waals surface area contributed by atoms with Gasteiger partial charge < -0.3 is 25.0 Å². The minimum Gasteiger partial charge on any atom is -0.486 e. The number of hydrogen-bond donors (Lipinski definition) is 2. The molecule has 0 aliphatic carbocycles. The summed E-state index contributed by atoms with van der Waals surface area (Å²) in [5.41, 5.74) is 2.71. The second-order valence-corrected chi connectivity index (χ2v) is 8.71. The molecule has 38 heavy (non-hydrogen) atoms. The van der Waals surface area contributed by atoms with Crippen molar-refractivity contribution in [1.82, 2.24) is 14.9 Å². The highest BCUT2D eigenvalue weighted by Gasteiger charge is 2.21. The van der Waals surface area contributed by atoms with Gasteiger partial charge in [-0.1, -0.05) is 25.8 Å². The lowest BCUT2D eigenvalue weighted by atomic mass is 10.1. The number of hydrogen-bond acceptors (Lipinski definition) is 8. The van der Waals surface area contributed by atoms with Gasteiger partial charge in [-0.15, -0.1) is 6.42 Å². The van der Waals surface area contributed by atoms with Crippen molar-refractivity contribution in [1.29, 1.82) is 5.26 Å². The Labute approximate surface area is 222 Å². The van der Waals surface area contributed by atoms with Crippen molar-refractivity contribution in [3.05, 3.63) is 59.9 Å². The van der Waals surface area contributed by atoms with Crippen molar-refractivity contribution < 1.29 is 14.3 Å². The third kappa shape index (κ3) is 6.46. The molecule has 0 spiro atoms. The van der Waals surface area contributed by atoms with E-state index in [1.54, 1.807) is 30.3 Å². The molecule has 4 rings (SSSR count). The molecule has 0 saturated carbocycles. The molecule has 1 amide bonds. The average molecular weight is 511 g/mol. The summed E-state index contributed by atoms with van der Waals surface area (Å²) in [6.07, 6.45) is 11.1. The fourth-order valence-corrected chi connectivity index (χ4v) is 4.10. The topological polar surface area (TPSA) is 112 Å². The summed E-state index contributed by atoms with van der Waals surface area (Å²) in [4.78, 5) is 23.8. The number of benzene rings is 2. The first-order chi connectivity index (χ1) is 18.5. The Kier molecular flexibility index (Phi) is 8.89. The molecule has 0 radical (unpaired) electrons. The van der Waals surface area contributed by atoms with Crippen molar-refractivity contribution in [2.45, 2.75) is 26.4 Å². The van der Waals surface area contributed by atoms with Crippen LogP contribution >= 0.6 is 0 Å². The first-order valence-electron chi connectivity index (χ1n) is 12.5. The summed E-state index contributed by atoms with van der Waals surface area (Å²) in [5.74, 6) is 3.30. The fourth-order valence-electron chi connectivity index (χ4n) is 4.10. The lowest BCUT2D eigenvalue weighted by molar-refractivity contribution is -0.111. The molecule has 0 bridgehead atoms. The Bertz CT molecular complexity index is 1410. The number of terminal acetylenes is 1. The van der Waals surface area contributed by atoms with Crippen molar-refractivity contribution >= 4 is 34.0 Å². The molecular weight excluding hydrogens is 480 g/mol. The maximum Gasteiger partial charge on any atom is 0.248 e. The molecule has 9 heteroatoms. The van der Waals surface area contributed by atoms with E-state index in [9.17, 15) is 10.1 Å². The van der Waals surface area contributed by atoms with Crippen LogP contribution in [-0.2, 0) is 9.53 Å². The smallest absolute Gasteiger partial charge is 0.248 e. The number of likely N-dealkylation sites (N-methyl/N-ethyl adjacent to an activating group) is 1. The van der Waals surface area contributed by atoms with Gasteiger partial charge in [-0.3, -0.25) is 4.79 Å². The van der Waals surface area contributed by atoms with Gasteiger partial charge in [0.25, 0.3) is 0 Å². The average Bonchev–Trinajstić information content (AvgIpc) is 3.45. The number of nitrogens with zero attached hydrogens (tertiary/aromatic N) is 4. The second kappa shape index (κ2) is 12.7. The van der Waals surface area contributed by atoms with E-state index in [0.29, 0.717) is 64.7 Å². The molecule has 9 nitrogen and oxygen atoms in total. The summed E-state index contributed by atoms with van der Waals surface area (Å²) in [6, 6.07) is 10.8. The quantitative estimate of drug-likeness (QED) is 0.308. The van der Waals surface area contributed by atoms with Crippen LogP contribution in [0.2, 0.25) is 0 Å². The summed E-state index contributed by atoms with van der Waals surface area (Å²) in [5, 5.41) is 16.1. The molecule has 1 saturated heterocycles. The molecular formula is C29H30N6O3. The molecule has 1 aliphatic heterocycles. The maximum atomic E-state index is 12.8. The number of fused-ring (bicyclic) bond motifs is 1. The molecule has 1 fully saturated rings. The van der Waals surface area contributed by atoms with Crippen LogP contribution in [0.25, 0.3) is 10.9 Å². The van der Waals surface area contributed by atoms with Gasteiger partial charge in [-0.05, 0) is 37.4 Å². The minimum absolute atomic E-state index is 0.110. The molecule has 1 atom stereocenters. The number of nitriles is 1. The fraction of sp³-hybridized carbons (Fsp3) is 0.310. The SMILES string of the molecule is C#Cc1cc(Nc2ncnc3cc(OC4CCOC4)c(NC(=O)/C=C/CN(CC)CC)cc23)ccc1C#N. The maximum absolute atomic E-state index is 12.8. The highest BCUT2D eigenvalue weighted by atomic mass is 16.5. The summed E-state index contributed by atoms with van der Waals surface area (Å²) >= 11 is 0. The first kappa shape index (κ1) is 26.6. The van der Waals surface area contributed by atoms with Crippen LogP contribution in [0.1, 0.15) is 31.4 Å². The lowest BCUT2D eigenvalue weighted by Crippen LogP contribution is -2.23. The normalized spacial score (nSPS) is 14.9. The Hall–Kier alpha value is -4.44. The zero-order valence-corrected chi connectivity index (χ0v) is 21.5. The lowest BCUT2D eigenvalue weighted by Gasteiger charge is -2.18. The minimum atomic E-state index is -0.263.